The lowest BCUT2D eigenvalue weighted by Crippen LogP contribution is -2.56. The van der Waals surface area contributed by atoms with Gasteiger partial charge in [0.25, 0.3) is 10.0 Å². The van der Waals surface area contributed by atoms with E-state index in [4.69, 9.17) is 0 Å². The number of hydrogen-bond donors (Lipinski definition) is 1. The Morgan fingerprint density at radius 2 is 1.83 bits per heavy atom. The van der Waals surface area contributed by atoms with Gasteiger partial charge in [0.1, 0.15) is 10.3 Å². The highest BCUT2D eigenvalue weighted by Crippen LogP contribution is 2.22. The molecule has 9 heteroatoms. The lowest BCUT2D eigenvalue weighted by Gasteiger charge is -2.36. The third-order valence-corrected chi connectivity index (χ3v) is 7.20. The van der Waals surface area contributed by atoms with Crippen molar-refractivity contribution in [3.63, 3.8) is 0 Å². The fraction of sp³-hybridized carbons (Fsp3) is 0.600. The Morgan fingerprint density at radius 3 is 2.29 bits per heavy atom. The maximum absolute atomic E-state index is 12.6. The third kappa shape index (κ3) is 4.14. The van der Waals surface area contributed by atoms with E-state index in [0.717, 1.165) is 0 Å². The highest BCUT2D eigenvalue weighted by Gasteiger charge is 2.34. The van der Waals surface area contributed by atoms with E-state index in [9.17, 15) is 18.0 Å². The molecule has 0 unspecified atom stereocenters. The number of rotatable bonds is 5. The van der Waals surface area contributed by atoms with Gasteiger partial charge >= 0.3 is 0 Å². The predicted molar refractivity (Wildman–Crippen MR) is 92.1 cm³/mol. The van der Waals surface area contributed by atoms with Gasteiger partial charge in [0.2, 0.25) is 11.8 Å². The van der Waals surface area contributed by atoms with Crippen molar-refractivity contribution in [3.05, 3.63) is 17.5 Å². The summed E-state index contributed by atoms with van der Waals surface area (Å²) in [7, 11) is -3.48. The first-order chi connectivity index (χ1) is 11.2. The van der Waals surface area contributed by atoms with E-state index in [0.29, 0.717) is 17.3 Å². The van der Waals surface area contributed by atoms with Crippen LogP contribution in [0.4, 0.5) is 0 Å². The zero-order chi connectivity index (χ0) is 17.9. The van der Waals surface area contributed by atoms with Gasteiger partial charge < -0.3 is 10.2 Å². The molecule has 1 fully saturated rings. The lowest BCUT2D eigenvalue weighted by atomic mass is 10.0. The van der Waals surface area contributed by atoms with Crippen molar-refractivity contribution in [3.8, 4) is 0 Å². The molecular formula is C15H23N3O4S2. The molecule has 0 bridgehead atoms. The molecule has 2 heterocycles. The highest BCUT2D eigenvalue weighted by molar-refractivity contribution is 7.91. The molecule has 1 N–H and O–H groups in total. The SMILES string of the molecule is CC(=O)N[C@H](C(=O)N1CCN(S(=O)(=O)c2cccs2)CC1)C(C)C. The van der Waals surface area contributed by atoms with Gasteiger partial charge in [-0.25, -0.2) is 8.42 Å². The average Bonchev–Trinajstić information content (AvgIpc) is 3.07. The number of nitrogens with one attached hydrogen (secondary N) is 1. The maximum Gasteiger partial charge on any atom is 0.252 e. The first kappa shape index (κ1) is 18.9. The van der Waals surface area contributed by atoms with Crippen LogP contribution in [0.25, 0.3) is 0 Å². The van der Waals surface area contributed by atoms with Gasteiger partial charge in [0.05, 0.1) is 0 Å². The Hall–Kier alpha value is -1.45. The molecule has 1 aliphatic heterocycles. The molecule has 0 aliphatic carbocycles. The topological polar surface area (TPSA) is 86.8 Å². The van der Waals surface area contributed by atoms with Crippen molar-refractivity contribution in [1.29, 1.82) is 0 Å². The van der Waals surface area contributed by atoms with Crippen LogP contribution in [0.15, 0.2) is 21.7 Å². The summed E-state index contributed by atoms with van der Waals surface area (Å²) in [5.74, 6) is -0.441. The van der Waals surface area contributed by atoms with Crippen molar-refractivity contribution in [2.75, 3.05) is 26.2 Å². The van der Waals surface area contributed by atoms with E-state index in [1.807, 2.05) is 13.8 Å². The molecule has 1 aromatic rings. The summed E-state index contributed by atoms with van der Waals surface area (Å²) < 4.78 is 26.7. The smallest absolute Gasteiger partial charge is 0.252 e. The summed E-state index contributed by atoms with van der Waals surface area (Å²) in [6, 6.07) is 2.71. The first-order valence-corrected chi connectivity index (χ1v) is 10.1. The van der Waals surface area contributed by atoms with E-state index in [-0.39, 0.29) is 30.8 Å². The van der Waals surface area contributed by atoms with Crippen molar-refractivity contribution < 1.29 is 18.0 Å². The van der Waals surface area contributed by atoms with Gasteiger partial charge in [-0.2, -0.15) is 4.31 Å². The number of sulfonamides is 1. The molecule has 134 valence electrons. The van der Waals surface area contributed by atoms with E-state index >= 15 is 0 Å². The molecular weight excluding hydrogens is 350 g/mol. The third-order valence-electron chi connectivity index (χ3n) is 3.93. The Morgan fingerprint density at radius 1 is 1.21 bits per heavy atom. The van der Waals surface area contributed by atoms with Crippen LogP contribution in [0, 0.1) is 5.92 Å². The quantitative estimate of drug-likeness (QED) is 0.825. The second-order valence-electron chi connectivity index (χ2n) is 6.08. The minimum absolute atomic E-state index is 0.0331. The van der Waals surface area contributed by atoms with Crippen LogP contribution in [-0.2, 0) is 19.6 Å². The molecule has 2 rings (SSSR count). The number of carbonyl (C=O) groups is 2. The second kappa shape index (κ2) is 7.62. The molecule has 1 aromatic heterocycles. The van der Waals surface area contributed by atoms with E-state index < -0.39 is 16.1 Å². The summed E-state index contributed by atoms with van der Waals surface area (Å²) in [6.07, 6.45) is 0. The first-order valence-electron chi connectivity index (χ1n) is 7.83. The minimum Gasteiger partial charge on any atom is -0.344 e. The van der Waals surface area contributed by atoms with Crippen LogP contribution in [0.5, 0.6) is 0 Å². The minimum atomic E-state index is -3.48. The molecule has 0 radical (unpaired) electrons. The average molecular weight is 374 g/mol. The van der Waals surface area contributed by atoms with Crippen molar-refractivity contribution in [2.45, 2.75) is 31.0 Å². The highest BCUT2D eigenvalue weighted by atomic mass is 32.2. The van der Waals surface area contributed by atoms with E-state index in [1.54, 1.807) is 22.4 Å². The molecule has 0 spiro atoms. The zero-order valence-electron chi connectivity index (χ0n) is 14.1. The van der Waals surface area contributed by atoms with Crippen LogP contribution >= 0.6 is 11.3 Å². The Bertz CT molecular complexity index is 678. The molecule has 1 atom stereocenters. The van der Waals surface area contributed by atoms with Gasteiger partial charge in [-0.05, 0) is 17.4 Å². The monoisotopic (exact) mass is 373 g/mol. The second-order valence-corrected chi connectivity index (χ2v) is 9.20. The zero-order valence-corrected chi connectivity index (χ0v) is 15.7. The molecule has 2 amide bonds. The van der Waals surface area contributed by atoms with Crippen LogP contribution in [0.3, 0.4) is 0 Å². The molecule has 1 aliphatic rings. The molecule has 7 nitrogen and oxygen atoms in total. The van der Waals surface area contributed by atoms with E-state index in [1.165, 1.54) is 22.6 Å². The number of nitrogens with zero attached hydrogens (tertiary/aromatic N) is 2. The number of thiophene rings is 1. The molecule has 24 heavy (non-hydrogen) atoms. The lowest BCUT2D eigenvalue weighted by molar-refractivity contribution is -0.138. The van der Waals surface area contributed by atoms with Crippen LogP contribution < -0.4 is 5.32 Å². The van der Waals surface area contributed by atoms with Gasteiger partial charge in [0.15, 0.2) is 0 Å². The van der Waals surface area contributed by atoms with E-state index in [2.05, 4.69) is 5.32 Å². The summed E-state index contributed by atoms with van der Waals surface area (Å²) in [5, 5.41) is 4.41. The number of hydrogen-bond acceptors (Lipinski definition) is 5. The number of carbonyl (C=O) groups excluding carboxylic acids is 2. The Kier molecular flexibility index (Phi) is 6.00. The predicted octanol–water partition coefficient (Wildman–Crippen LogP) is 0.742. The number of piperazine rings is 1. The molecule has 0 saturated carbocycles. The summed E-state index contributed by atoms with van der Waals surface area (Å²) in [6.45, 7) is 6.30. The van der Waals surface area contributed by atoms with Crippen molar-refractivity contribution in [2.24, 2.45) is 5.92 Å². The Balaban J connectivity index is 2.01. The molecule has 0 aromatic carbocycles. The maximum atomic E-state index is 12.6. The summed E-state index contributed by atoms with van der Waals surface area (Å²) in [4.78, 5) is 25.5. The van der Waals surface area contributed by atoms with Crippen LogP contribution in [0.2, 0.25) is 0 Å². The van der Waals surface area contributed by atoms with Crippen molar-refractivity contribution in [1.82, 2.24) is 14.5 Å². The van der Waals surface area contributed by atoms with Gasteiger partial charge in [-0.15, -0.1) is 11.3 Å². The van der Waals surface area contributed by atoms with Crippen LogP contribution in [0.1, 0.15) is 20.8 Å². The van der Waals surface area contributed by atoms with Gasteiger partial charge in [0, 0.05) is 33.1 Å². The Labute approximate surface area is 146 Å². The van der Waals surface area contributed by atoms with Gasteiger partial charge in [-0.3, -0.25) is 9.59 Å². The fourth-order valence-electron chi connectivity index (χ4n) is 2.62. The summed E-state index contributed by atoms with van der Waals surface area (Å²) in [5.41, 5.74) is 0. The fourth-order valence-corrected chi connectivity index (χ4v) is 5.18. The molecule has 1 saturated heterocycles. The summed E-state index contributed by atoms with van der Waals surface area (Å²) >= 11 is 1.19. The largest absolute Gasteiger partial charge is 0.344 e. The van der Waals surface area contributed by atoms with Crippen LogP contribution in [-0.4, -0.2) is 61.7 Å². The normalized spacial score (nSPS) is 17.8. The number of amides is 2. The van der Waals surface area contributed by atoms with Crippen molar-refractivity contribution >= 4 is 33.2 Å². The van der Waals surface area contributed by atoms with Gasteiger partial charge in [-0.1, -0.05) is 19.9 Å². The standard InChI is InChI=1S/C15H23N3O4S2/c1-11(2)14(16-12(3)19)15(20)17-6-8-18(9-7-17)24(21,22)13-5-4-10-23-13/h4-5,10-11,14H,6-9H2,1-3H3,(H,16,19)/t14-/m0/s1.